The van der Waals surface area contributed by atoms with E-state index in [9.17, 15) is 13.2 Å². The summed E-state index contributed by atoms with van der Waals surface area (Å²) >= 11 is 0. The van der Waals surface area contributed by atoms with Gasteiger partial charge in [-0.25, -0.2) is 0 Å². The van der Waals surface area contributed by atoms with E-state index >= 15 is 0 Å². The summed E-state index contributed by atoms with van der Waals surface area (Å²) < 4.78 is 38.9. The molecular weight excluding hydrogens is 412 g/mol. The van der Waals surface area contributed by atoms with E-state index in [4.69, 9.17) is 0 Å². The summed E-state index contributed by atoms with van der Waals surface area (Å²) in [5.41, 5.74) is 0.312. The smallest absolute Gasteiger partial charge is 0.166 e. The van der Waals surface area contributed by atoms with Gasteiger partial charge in [0.15, 0.2) is 0 Å². The minimum Gasteiger partial charge on any atom is -0.166 e. The molecule has 0 heterocycles. The van der Waals surface area contributed by atoms with Gasteiger partial charge in [0.1, 0.15) is 23.2 Å². The average Bonchev–Trinajstić information content (AvgIpc) is 2.81. The van der Waals surface area contributed by atoms with Crippen molar-refractivity contribution in [2.24, 2.45) is 0 Å². The van der Waals surface area contributed by atoms with Crippen LogP contribution in [-0.2, 0) is 12.6 Å². The number of halogens is 3. The van der Waals surface area contributed by atoms with Gasteiger partial charge in [-0.2, -0.15) is 13.2 Å². The quantitative estimate of drug-likeness (QED) is 0.315. The molecule has 0 unspecified atom stereocenters. The molecule has 4 rings (SSSR count). The molecule has 0 atom stereocenters. The van der Waals surface area contributed by atoms with Crippen LogP contribution >= 0.6 is 7.26 Å². The van der Waals surface area contributed by atoms with Crippen LogP contribution in [0.5, 0.6) is 0 Å². The number of rotatable bonds is 6. The van der Waals surface area contributed by atoms with Crippen LogP contribution in [0, 0.1) is 0 Å². The standard InChI is InChI=1S/C27H23F3P/c28-27(29,30)23-18-16-22(17-19-23)20-21-31(24-10-4-1-5-11-24,25-12-6-2-7-13-25)26-14-8-3-9-15-26/h1-19H,20-21H2/q+1. The lowest BCUT2D eigenvalue weighted by Crippen LogP contribution is -2.34. The molecular formula is C27H23F3P+. The maximum absolute atomic E-state index is 13.0. The number of hydrogen-bond acceptors (Lipinski definition) is 0. The molecule has 0 aliphatic rings. The number of benzene rings is 4. The van der Waals surface area contributed by atoms with E-state index in [0.717, 1.165) is 11.7 Å². The van der Waals surface area contributed by atoms with Gasteiger partial charge in [-0.1, -0.05) is 66.7 Å². The highest BCUT2D eigenvalue weighted by Crippen LogP contribution is 2.55. The molecule has 0 saturated carbocycles. The molecule has 0 aromatic heterocycles. The molecule has 156 valence electrons. The molecule has 0 N–H and O–H groups in total. The first kappa shape index (κ1) is 21.3. The van der Waals surface area contributed by atoms with Crippen LogP contribution in [0.2, 0.25) is 0 Å². The van der Waals surface area contributed by atoms with Gasteiger partial charge in [0, 0.05) is 6.42 Å². The van der Waals surface area contributed by atoms with E-state index < -0.39 is 19.0 Å². The van der Waals surface area contributed by atoms with Crippen molar-refractivity contribution in [3.63, 3.8) is 0 Å². The van der Waals surface area contributed by atoms with Crippen molar-refractivity contribution in [1.29, 1.82) is 0 Å². The lowest BCUT2D eigenvalue weighted by atomic mass is 10.1. The summed E-state index contributed by atoms with van der Waals surface area (Å²) in [4.78, 5) is 0. The Morgan fingerprint density at radius 1 is 0.516 bits per heavy atom. The van der Waals surface area contributed by atoms with Crippen LogP contribution < -0.4 is 15.9 Å². The third-order valence-electron chi connectivity index (χ3n) is 5.61. The number of aryl methyl sites for hydroxylation is 1. The van der Waals surface area contributed by atoms with Crippen molar-refractivity contribution in [1.82, 2.24) is 0 Å². The Morgan fingerprint density at radius 2 is 0.903 bits per heavy atom. The van der Waals surface area contributed by atoms with Crippen molar-refractivity contribution in [2.45, 2.75) is 12.6 Å². The molecule has 0 amide bonds. The van der Waals surface area contributed by atoms with E-state index in [2.05, 4.69) is 72.8 Å². The molecule has 4 heteroatoms. The fraction of sp³-hybridized carbons (Fsp3) is 0.111. The zero-order valence-electron chi connectivity index (χ0n) is 17.0. The lowest BCUT2D eigenvalue weighted by Gasteiger charge is -2.27. The number of hydrogen-bond donors (Lipinski definition) is 0. The van der Waals surface area contributed by atoms with Crippen molar-refractivity contribution in [3.8, 4) is 0 Å². The van der Waals surface area contributed by atoms with Crippen LogP contribution in [0.1, 0.15) is 11.1 Å². The van der Waals surface area contributed by atoms with Gasteiger partial charge in [0.25, 0.3) is 0 Å². The third-order valence-corrected chi connectivity index (χ3v) is 10.0. The molecule has 4 aromatic rings. The third kappa shape index (κ3) is 4.57. The Labute approximate surface area is 181 Å². The lowest BCUT2D eigenvalue weighted by molar-refractivity contribution is -0.137. The first-order chi connectivity index (χ1) is 15.0. The Balaban J connectivity index is 1.79. The molecule has 0 fully saturated rings. The summed E-state index contributed by atoms with van der Waals surface area (Å²) in [6.45, 7) is 0. The SMILES string of the molecule is FC(F)(F)c1ccc(CC[P+](c2ccccc2)(c2ccccc2)c2ccccc2)cc1. The normalized spacial score (nSPS) is 12.0. The molecule has 0 aliphatic heterocycles. The summed E-state index contributed by atoms with van der Waals surface area (Å²) in [5.74, 6) is 0. The second-order valence-corrected chi connectivity index (χ2v) is 11.1. The highest BCUT2D eigenvalue weighted by atomic mass is 31.2. The maximum atomic E-state index is 13.0. The maximum Gasteiger partial charge on any atom is 0.416 e. The summed E-state index contributed by atoms with van der Waals surface area (Å²) in [6.07, 6.45) is -2.77. The monoisotopic (exact) mass is 435 g/mol. The van der Waals surface area contributed by atoms with E-state index in [0.29, 0.717) is 6.42 Å². The van der Waals surface area contributed by atoms with Crippen LogP contribution in [0.15, 0.2) is 115 Å². The largest absolute Gasteiger partial charge is 0.416 e. The second-order valence-electron chi connectivity index (χ2n) is 7.48. The van der Waals surface area contributed by atoms with E-state index in [-0.39, 0.29) is 0 Å². The van der Waals surface area contributed by atoms with Crippen molar-refractivity contribution in [2.75, 3.05) is 6.16 Å². The zero-order chi connectivity index (χ0) is 21.7. The molecule has 31 heavy (non-hydrogen) atoms. The first-order valence-corrected chi connectivity index (χ1v) is 12.2. The molecule has 0 aliphatic carbocycles. The predicted octanol–water partition coefficient (Wildman–Crippen LogP) is 6.24. The summed E-state index contributed by atoms with van der Waals surface area (Å²) in [6, 6.07) is 37.1. The van der Waals surface area contributed by atoms with Crippen molar-refractivity contribution in [3.05, 3.63) is 126 Å². The Kier molecular flexibility index (Phi) is 6.25. The highest BCUT2D eigenvalue weighted by Gasteiger charge is 2.44. The minimum absolute atomic E-state index is 0.605. The Hall–Kier alpha value is -2.90. The number of alkyl halides is 3. The second kappa shape index (κ2) is 9.08. The van der Waals surface area contributed by atoms with Gasteiger partial charge in [0.05, 0.1) is 11.7 Å². The van der Waals surface area contributed by atoms with Gasteiger partial charge in [0.2, 0.25) is 0 Å². The van der Waals surface area contributed by atoms with Gasteiger partial charge < -0.3 is 0 Å². The van der Waals surface area contributed by atoms with E-state index in [1.165, 1.54) is 28.0 Å². The molecule has 0 spiro atoms. The van der Waals surface area contributed by atoms with Crippen molar-refractivity contribution < 1.29 is 13.2 Å². The van der Waals surface area contributed by atoms with Crippen LogP contribution in [0.3, 0.4) is 0 Å². The van der Waals surface area contributed by atoms with Crippen molar-refractivity contribution >= 4 is 23.2 Å². The predicted molar refractivity (Wildman–Crippen MR) is 125 cm³/mol. The molecule has 4 aromatic carbocycles. The topological polar surface area (TPSA) is 0 Å². The summed E-state index contributed by atoms with van der Waals surface area (Å²) in [7, 11) is -1.99. The molecule has 0 radical (unpaired) electrons. The van der Waals surface area contributed by atoms with Crippen LogP contribution in [0.4, 0.5) is 13.2 Å². The fourth-order valence-corrected chi connectivity index (χ4v) is 8.35. The molecule has 0 nitrogen and oxygen atoms in total. The first-order valence-electron chi connectivity index (χ1n) is 10.2. The van der Waals surface area contributed by atoms with E-state index in [1.807, 2.05) is 18.2 Å². The Bertz CT molecular complexity index is 993. The van der Waals surface area contributed by atoms with Gasteiger partial charge in [-0.15, -0.1) is 0 Å². The van der Waals surface area contributed by atoms with Gasteiger partial charge in [-0.05, 0) is 54.1 Å². The Morgan fingerprint density at radius 3 is 1.26 bits per heavy atom. The van der Waals surface area contributed by atoms with Crippen LogP contribution in [-0.4, -0.2) is 6.16 Å². The van der Waals surface area contributed by atoms with E-state index in [1.54, 1.807) is 12.1 Å². The summed E-state index contributed by atoms with van der Waals surface area (Å²) in [5, 5.41) is 3.83. The fourth-order valence-electron chi connectivity index (χ4n) is 4.04. The molecule has 0 bridgehead atoms. The molecule has 0 saturated heterocycles. The zero-order valence-corrected chi connectivity index (χ0v) is 17.9. The minimum atomic E-state index is -4.31. The van der Waals surface area contributed by atoms with Gasteiger partial charge in [-0.3, -0.25) is 0 Å². The highest BCUT2D eigenvalue weighted by molar-refractivity contribution is 7.95. The average molecular weight is 435 g/mol. The van der Waals surface area contributed by atoms with Gasteiger partial charge >= 0.3 is 6.18 Å². The van der Waals surface area contributed by atoms with Crippen LogP contribution in [0.25, 0.3) is 0 Å².